The first-order valence-electron chi connectivity index (χ1n) is 8.68. The summed E-state index contributed by atoms with van der Waals surface area (Å²) in [7, 11) is 0. The third-order valence-corrected chi connectivity index (χ3v) is 5.68. The van der Waals surface area contributed by atoms with E-state index in [0.29, 0.717) is 25.9 Å². The van der Waals surface area contributed by atoms with Gasteiger partial charge in [-0.15, -0.1) is 0 Å². The molecule has 0 aliphatic carbocycles. The number of hydrogen-bond donors (Lipinski definition) is 0. The van der Waals surface area contributed by atoms with Crippen LogP contribution in [0.2, 0.25) is 0 Å². The lowest BCUT2D eigenvalue weighted by Gasteiger charge is -2.32. The van der Waals surface area contributed by atoms with E-state index in [1.54, 1.807) is 11.1 Å². The summed E-state index contributed by atoms with van der Waals surface area (Å²) in [6, 6.07) is 6.24. The van der Waals surface area contributed by atoms with Gasteiger partial charge in [-0.25, -0.2) is 4.98 Å². The highest BCUT2D eigenvalue weighted by Gasteiger charge is 2.23. The van der Waals surface area contributed by atoms with Gasteiger partial charge in [0, 0.05) is 37.4 Å². The highest BCUT2D eigenvalue weighted by atomic mass is 32.2. The second kappa shape index (κ2) is 7.95. The molecule has 1 amide bonds. The van der Waals surface area contributed by atoms with Crippen molar-refractivity contribution in [3.05, 3.63) is 41.7 Å². The maximum atomic E-state index is 12.4. The minimum Gasteiger partial charge on any atom is -0.550 e. The molecule has 2 heterocycles. The van der Waals surface area contributed by atoms with Crippen LogP contribution in [0, 0.1) is 19.8 Å². The van der Waals surface area contributed by atoms with Gasteiger partial charge in [0.15, 0.2) is 5.16 Å². The molecule has 0 radical (unpaired) electrons. The van der Waals surface area contributed by atoms with Crippen molar-refractivity contribution in [2.24, 2.45) is 5.92 Å². The van der Waals surface area contributed by atoms with Gasteiger partial charge in [0.05, 0.1) is 11.4 Å². The number of carboxylic acids is 1. The lowest BCUT2D eigenvalue weighted by molar-refractivity contribution is -0.312. The van der Waals surface area contributed by atoms with Gasteiger partial charge in [-0.2, -0.15) is 0 Å². The monoisotopic (exact) mass is 372 g/mol. The van der Waals surface area contributed by atoms with E-state index in [4.69, 9.17) is 0 Å². The van der Waals surface area contributed by atoms with Gasteiger partial charge in [0.1, 0.15) is 0 Å². The number of benzene rings is 1. The molecule has 138 valence electrons. The number of piperidine rings is 1. The molecule has 0 saturated carbocycles. The van der Waals surface area contributed by atoms with Gasteiger partial charge in [0.25, 0.3) is 0 Å². The summed E-state index contributed by atoms with van der Waals surface area (Å²) in [4.78, 5) is 29.4. The van der Waals surface area contributed by atoms with Crippen molar-refractivity contribution in [3.63, 3.8) is 0 Å². The number of hydrogen-bond acceptors (Lipinski definition) is 5. The highest BCUT2D eigenvalue weighted by Crippen LogP contribution is 2.24. The van der Waals surface area contributed by atoms with Crippen LogP contribution in [0.1, 0.15) is 24.0 Å². The molecular weight excluding hydrogens is 350 g/mol. The molecule has 1 aliphatic heterocycles. The Hall–Kier alpha value is -2.28. The Balaban J connectivity index is 1.62. The van der Waals surface area contributed by atoms with E-state index in [1.165, 1.54) is 17.3 Å². The smallest absolute Gasteiger partial charge is 0.233 e. The number of thioether (sulfide) groups is 1. The number of rotatable bonds is 5. The number of aryl methyl sites for hydroxylation is 2. The van der Waals surface area contributed by atoms with E-state index in [1.807, 2.05) is 10.8 Å². The van der Waals surface area contributed by atoms with E-state index < -0.39 is 11.9 Å². The van der Waals surface area contributed by atoms with E-state index in [-0.39, 0.29) is 11.7 Å². The number of aliphatic carboxylic acids is 1. The van der Waals surface area contributed by atoms with Crippen molar-refractivity contribution < 1.29 is 14.7 Å². The number of aromatic nitrogens is 2. The Kier molecular flexibility index (Phi) is 5.66. The fourth-order valence-electron chi connectivity index (χ4n) is 3.24. The Labute approximate surface area is 157 Å². The molecule has 0 unspecified atom stereocenters. The van der Waals surface area contributed by atoms with Crippen LogP contribution in [0.25, 0.3) is 5.69 Å². The number of imidazole rings is 1. The molecule has 1 saturated heterocycles. The second-order valence-electron chi connectivity index (χ2n) is 6.63. The molecule has 0 spiro atoms. The predicted octanol–water partition coefficient (Wildman–Crippen LogP) is 1.57. The van der Waals surface area contributed by atoms with E-state index in [9.17, 15) is 14.7 Å². The van der Waals surface area contributed by atoms with E-state index in [0.717, 1.165) is 16.4 Å². The topological polar surface area (TPSA) is 78.3 Å². The Morgan fingerprint density at radius 1 is 1.27 bits per heavy atom. The minimum atomic E-state index is -1.01. The molecule has 1 aromatic carbocycles. The molecule has 2 aromatic rings. The first-order valence-corrected chi connectivity index (χ1v) is 9.66. The van der Waals surface area contributed by atoms with Crippen molar-refractivity contribution >= 4 is 23.6 Å². The van der Waals surface area contributed by atoms with Crippen molar-refractivity contribution in [1.29, 1.82) is 0 Å². The lowest BCUT2D eigenvalue weighted by Crippen LogP contribution is -2.44. The number of carbonyl (C=O) groups excluding carboxylic acids is 2. The van der Waals surface area contributed by atoms with Crippen LogP contribution in [0.4, 0.5) is 0 Å². The van der Waals surface area contributed by atoms with Gasteiger partial charge in [-0.05, 0) is 38.3 Å². The van der Waals surface area contributed by atoms with Crippen molar-refractivity contribution in [2.45, 2.75) is 31.8 Å². The van der Waals surface area contributed by atoms with Crippen LogP contribution in [-0.4, -0.2) is 45.2 Å². The summed E-state index contributed by atoms with van der Waals surface area (Å²) in [5, 5.41) is 11.7. The molecule has 1 aromatic heterocycles. The number of amides is 1. The van der Waals surface area contributed by atoms with E-state index in [2.05, 4.69) is 37.0 Å². The SMILES string of the molecule is Cc1ccc(-n2ccnc2SCC(=O)N2CCC(C(=O)[O-])CC2)c(C)c1. The maximum absolute atomic E-state index is 12.4. The number of likely N-dealkylation sites (tertiary alicyclic amines) is 1. The third-order valence-electron chi connectivity index (χ3n) is 4.72. The molecule has 7 heteroatoms. The van der Waals surface area contributed by atoms with Crippen molar-refractivity contribution in [3.8, 4) is 5.69 Å². The first-order chi connectivity index (χ1) is 12.5. The zero-order valence-corrected chi connectivity index (χ0v) is 15.8. The number of nitrogens with zero attached hydrogens (tertiary/aromatic N) is 3. The summed E-state index contributed by atoms with van der Waals surface area (Å²) >= 11 is 1.40. The molecule has 1 aliphatic rings. The quantitative estimate of drug-likeness (QED) is 0.745. The van der Waals surface area contributed by atoms with Gasteiger partial charge >= 0.3 is 0 Å². The molecule has 6 nitrogen and oxygen atoms in total. The Bertz CT molecular complexity index is 810. The zero-order valence-electron chi connectivity index (χ0n) is 15.0. The fraction of sp³-hybridized carbons (Fsp3) is 0.421. The van der Waals surface area contributed by atoms with Crippen LogP contribution >= 0.6 is 11.8 Å². The largest absolute Gasteiger partial charge is 0.550 e. The number of carbonyl (C=O) groups is 2. The normalized spacial score (nSPS) is 15.2. The molecule has 0 bridgehead atoms. The lowest BCUT2D eigenvalue weighted by atomic mass is 9.97. The summed E-state index contributed by atoms with van der Waals surface area (Å²) in [6.45, 7) is 5.07. The van der Waals surface area contributed by atoms with Crippen LogP contribution < -0.4 is 5.11 Å². The maximum Gasteiger partial charge on any atom is 0.233 e. The van der Waals surface area contributed by atoms with Crippen molar-refractivity contribution in [2.75, 3.05) is 18.8 Å². The molecule has 1 fully saturated rings. The molecular formula is C19H22N3O3S-. The summed E-state index contributed by atoms with van der Waals surface area (Å²) in [6.07, 6.45) is 4.57. The van der Waals surface area contributed by atoms with Gasteiger partial charge in [-0.3, -0.25) is 9.36 Å². The molecule has 0 atom stereocenters. The molecule has 0 N–H and O–H groups in total. The number of carboxylic acid groups (broad SMARTS) is 1. The van der Waals surface area contributed by atoms with Crippen molar-refractivity contribution in [1.82, 2.24) is 14.5 Å². The summed E-state index contributed by atoms with van der Waals surface area (Å²) in [5.41, 5.74) is 3.41. The van der Waals surface area contributed by atoms with Crippen LogP contribution in [0.3, 0.4) is 0 Å². The van der Waals surface area contributed by atoms with Crippen LogP contribution in [-0.2, 0) is 9.59 Å². The Morgan fingerprint density at radius 3 is 2.65 bits per heavy atom. The van der Waals surface area contributed by atoms with Crippen LogP contribution in [0.5, 0.6) is 0 Å². The predicted molar refractivity (Wildman–Crippen MR) is 98.1 cm³/mol. The average Bonchev–Trinajstić information content (AvgIpc) is 3.08. The Morgan fingerprint density at radius 2 is 2.00 bits per heavy atom. The summed E-state index contributed by atoms with van der Waals surface area (Å²) < 4.78 is 2.00. The van der Waals surface area contributed by atoms with Gasteiger partial charge < -0.3 is 14.8 Å². The molecule has 3 rings (SSSR count). The zero-order chi connectivity index (χ0) is 18.7. The summed E-state index contributed by atoms with van der Waals surface area (Å²) in [5.74, 6) is -1.14. The minimum absolute atomic E-state index is 0.0157. The fourth-order valence-corrected chi connectivity index (χ4v) is 4.11. The molecule has 26 heavy (non-hydrogen) atoms. The average molecular weight is 372 g/mol. The highest BCUT2D eigenvalue weighted by molar-refractivity contribution is 7.99. The van der Waals surface area contributed by atoms with Crippen LogP contribution in [0.15, 0.2) is 35.7 Å². The first kappa shape index (κ1) is 18.5. The standard InChI is InChI=1S/C19H23N3O3S/c1-13-3-4-16(14(2)11-13)22-10-7-20-19(22)26-12-17(23)21-8-5-15(6-9-21)18(24)25/h3-4,7,10-11,15H,5-6,8-9,12H2,1-2H3,(H,24,25)/p-1. The van der Waals surface area contributed by atoms with E-state index >= 15 is 0 Å². The van der Waals surface area contributed by atoms with Gasteiger partial charge in [-0.1, -0.05) is 29.5 Å². The van der Waals surface area contributed by atoms with Gasteiger partial charge in [0.2, 0.25) is 5.91 Å². The second-order valence-corrected chi connectivity index (χ2v) is 7.58. The third kappa shape index (κ3) is 4.09.